The van der Waals surface area contributed by atoms with Crippen molar-refractivity contribution in [1.82, 2.24) is 24.5 Å². The highest BCUT2D eigenvalue weighted by Crippen LogP contribution is 2.36. The lowest BCUT2D eigenvalue weighted by Gasteiger charge is -2.10. The van der Waals surface area contributed by atoms with Crippen LogP contribution in [0.3, 0.4) is 0 Å². The monoisotopic (exact) mass is 641 g/mol. The SMILES string of the molecule is c1ccc(-c2cccc(-c3nc(-c4ccccc4)nc(-c4ccc5oc6cc(-n7c8ccccc8c8cccnc87)ccc6c5c4)n3)c2)cc1. The van der Waals surface area contributed by atoms with E-state index >= 15 is 0 Å². The standard InChI is InChI=1S/C44H27N5O/c1-3-11-28(12-4-1)30-15-9-16-31(25-30)42-46-41(29-13-5-2-6-14-29)47-43(48-42)32-20-23-39-37(26-32)35-22-21-33(27-40(35)50-39)49-38-19-8-7-17-34(38)36-18-10-24-45-44(36)49/h1-27H. The lowest BCUT2D eigenvalue weighted by Crippen LogP contribution is -2.00. The first kappa shape index (κ1) is 28.1. The molecule has 0 spiro atoms. The van der Waals surface area contributed by atoms with E-state index < -0.39 is 0 Å². The first-order valence-electron chi connectivity index (χ1n) is 16.6. The van der Waals surface area contributed by atoms with Crippen molar-refractivity contribution in [2.75, 3.05) is 0 Å². The van der Waals surface area contributed by atoms with Gasteiger partial charge in [0, 0.05) is 50.5 Å². The second kappa shape index (κ2) is 11.4. The number of furan rings is 1. The van der Waals surface area contributed by atoms with Gasteiger partial charge in [-0.2, -0.15) is 0 Å². The fraction of sp³-hybridized carbons (Fsp3) is 0. The Balaban J connectivity index is 1.11. The molecule has 0 aliphatic carbocycles. The Hall–Kier alpha value is -6.92. The van der Waals surface area contributed by atoms with E-state index in [0.717, 1.165) is 72.0 Å². The van der Waals surface area contributed by atoms with Gasteiger partial charge < -0.3 is 4.42 Å². The number of pyridine rings is 1. The van der Waals surface area contributed by atoms with Crippen LogP contribution in [0.5, 0.6) is 0 Å². The molecule has 6 heteroatoms. The van der Waals surface area contributed by atoms with Crippen molar-refractivity contribution >= 4 is 43.9 Å². The Kier molecular flexibility index (Phi) is 6.39. The fourth-order valence-corrected chi connectivity index (χ4v) is 6.92. The lowest BCUT2D eigenvalue weighted by molar-refractivity contribution is 0.668. The van der Waals surface area contributed by atoms with Gasteiger partial charge in [-0.25, -0.2) is 19.9 Å². The van der Waals surface area contributed by atoms with Crippen LogP contribution in [0.4, 0.5) is 0 Å². The molecule has 4 heterocycles. The second-order valence-corrected chi connectivity index (χ2v) is 12.3. The van der Waals surface area contributed by atoms with Gasteiger partial charge >= 0.3 is 0 Å². The zero-order valence-corrected chi connectivity index (χ0v) is 26.7. The summed E-state index contributed by atoms with van der Waals surface area (Å²) in [6.07, 6.45) is 1.84. The number of para-hydroxylation sites is 1. The van der Waals surface area contributed by atoms with Crippen LogP contribution in [-0.4, -0.2) is 24.5 Å². The van der Waals surface area contributed by atoms with E-state index in [1.807, 2.05) is 60.8 Å². The number of hydrogen-bond donors (Lipinski definition) is 0. The van der Waals surface area contributed by atoms with Crippen LogP contribution in [0, 0.1) is 0 Å². The molecule has 6 nitrogen and oxygen atoms in total. The molecule has 0 fully saturated rings. The molecule has 0 amide bonds. The predicted octanol–water partition coefficient (Wildman–Crippen LogP) is 10.9. The molecule has 6 aromatic carbocycles. The molecule has 0 bridgehead atoms. The smallest absolute Gasteiger partial charge is 0.164 e. The van der Waals surface area contributed by atoms with Crippen LogP contribution in [0.25, 0.3) is 94.9 Å². The van der Waals surface area contributed by atoms with Gasteiger partial charge in [-0.15, -0.1) is 0 Å². The summed E-state index contributed by atoms with van der Waals surface area (Å²) < 4.78 is 8.66. The average molecular weight is 642 g/mol. The zero-order valence-electron chi connectivity index (χ0n) is 26.7. The molecule has 0 aliphatic rings. The molecular weight excluding hydrogens is 615 g/mol. The molecule has 0 saturated heterocycles. The molecule has 0 radical (unpaired) electrons. The number of rotatable bonds is 5. The van der Waals surface area contributed by atoms with Gasteiger partial charge in [-0.1, -0.05) is 97.1 Å². The normalized spacial score (nSPS) is 11.6. The molecule has 234 valence electrons. The van der Waals surface area contributed by atoms with E-state index in [1.54, 1.807) is 0 Å². The maximum Gasteiger partial charge on any atom is 0.164 e. The Morgan fingerprint density at radius 1 is 0.400 bits per heavy atom. The van der Waals surface area contributed by atoms with Crippen molar-refractivity contribution in [2.24, 2.45) is 0 Å². The van der Waals surface area contributed by atoms with Gasteiger partial charge in [0.25, 0.3) is 0 Å². The van der Waals surface area contributed by atoms with Gasteiger partial charge in [0.15, 0.2) is 17.5 Å². The lowest BCUT2D eigenvalue weighted by atomic mass is 10.0. The molecule has 0 unspecified atom stereocenters. The van der Waals surface area contributed by atoms with Crippen molar-refractivity contribution in [3.63, 3.8) is 0 Å². The van der Waals surface area contributed by atoms with Crippen LogP contribution in [0.2, 0.25) is 0 Å². The van der Waals surface area contributed by atoms with Crippen molar-refractivity contribution in [2.45, 2.75) is 0 Å². The minimum absolute atomic E-state index is 0.600. The van der Waals surface area contributed by atoms with E-state index in [0.29, 0.717) is 17.5 Å². The Labute approximate surface area is 287 Å². The second-order valence-electron chi connectivity index (χ2n) is 12.3. The van der Waals surface area contributed by atoms with Gasteiger partial charge in [0.2, 0.25) is 0 Å². The summed E-state index contributed by atoms with van der Waals surface area (Å²) in [5.41, 5.74) is 9.60. The minimum Gasteiger partial charge on any atom is -0.456 e. The van der Waals surface area contributed by atoms with Crippen molar-refractivity contribution < 1.29 is 4.42 Å². The molecule has 10 rings (SSSR count). The molecule has 0 saturated carbocycles. The van der Waals surface area contributed by atoms with Gasteiger partial charge in [-0.3, -0.25) is 4.57 Å². The maximum absolute atomic E-state index is 6.46. The van der Waals surface area contributed by atoms with Crippen molar-refractivity contribution in [3.05, 3.63) is 164 Å². The third kappa shape index (κ3) is 4.65. The summed E-state index contributed by atoms with van der Waals surface area (Å²) >= 11 is 0. The molecule has 10 aromatic rings. The third-order valence-corrected chi connectivity index (χ3v) is 9.30. The first-order valence-corrected chi connectivity index (χ1v) is 16.6. The number of benzene rings is 6. The van der Waals surface area contributed by atoms with Gasteiger partial charge in [0.05, 0.1) is 11.2 Å². The predicted molar refractivity (Wildman–Crippen MR) is 201 cm³/mol. The fourth-order valence-electron chi connectivity index (χ4n) is 6.92. The van der Waals surface area contributed by atoms with E-state index in [1.165, 1.54) is 5.39 Å². The highest BCUT2D eigenvalue weighted by atomic mass is 16.3. The van der Waals surface area contributed by atoms with E-state index in [9.17, 15) is 0 Å². The molecule has 0 N–H and O–H groups in total. The molecule has 50 heavy (non-hydrogen) atoms. The average Bonchev–Trinajstić information content (AvgIpc) is 3.73. The van der Waals surface area contributed by atoms with Crippen LogP contribution >= 0.6 is 0 Å². The summed E-state index contributed by atoms with van der Waals surface area (Å²) in [5, 5.41) is 4.31. The number of aromatic nitrogens is 5. The van der Waals surface area contributed by atoms with Crippen molar-refractivity contribution in [1.29, 1.82) is 0 Å². The van der Waals surface area contributed by atoms with Crippen molar-refractivity contribution in [3.8, 4) is 51.0 Å². The van der Waals surface area contributed by atoms with Crippen LogP contribution < -0.4 is 0 Å². The summed E-state index contributed by atoms with van der Waals surface area (Å²) in [6.45, 7) is 0. The first-order chi connectivity index (χ1) is 24.8. The van der Waals surface area contributed by atoms with E-state index in [2.05, 4.69) is 108 Å². The Morgan fingerprint density at radius 2 is 1.06 bits per heavy atom. The summed E-state index contributed by atoms with van der Waals surface area (Å²) in [6, 6.07) is 53.8. The number of fused-ring (bicyclic) bond motifs is 6. The largest absolute Gasteiger partial charge is 0.456 e. The van der Waals surface area contributed by atoms with Crippen LogP contribution in [0.1, 0.15) is 0 Å². The maximum atomic E-state index is 6.46. The summed E-state index contributed by atoms with van der Waals surface area (Å²) in [4.78, 5) is 19.8. The summed E-state index contributed by atoms with van der Waals surface area (Å²) in [5.74, 6) is 1.84. The number of hydrogen-bond acceptors (Lipinski definition) is 5. The van der Waals surface area contributed by atoms with Gasteiger partial charge in [-0.05, 0) is 65.7 Å². The van der Waals surface area contributed by atoms with Gasteiger partial charge in [0.1, 0.15) is 16.8 Å². The Bertz CT molecular complexity index is 2820. The molecule has 4 aromatic heterocycles. The van der Waals surface area contributed by atoms with Crippen LogP contribution in [-0.2, 0) is 0 Å². The van der Waals surface area contributed by atoms with E-state index in [-0.39, 0.29) is 0 Å². The highest BCUT2D eigenvalue weighted by Gasteiger charge is 2.17. The molecule has 0 aliphatic heterocycles. The quantitative estimate of drug-likeness (QED) is 0.187. The van der Waals surface area contributed by atoms with E-state index in [4.69, 9.17) is 24.4 Å². The summed E-state index contributed by atoms with van der Waals surface area (Å²) in [7, 11) is 0. The minimum atomic E-state index is 0.600. The topological polar surface area (TPSA) is 69.6 Å². The molecule has 0 atom stereocenters. The molecular formula is C44H27N5O. The zero-order chi connectivity index (χ0) is 33.0. The number of nitrogens with zero attached hydrogens (tertiary/aromatic N) is 5. The third-order valence-electron chi connectivity index (χ3n) is 9.30. The highest BCUT2D eigenvalue weighted by molar-refractivity contribution is 6.09. The van der Waals surface area contributed by atoms with Crippen LogP contribution in [0.15, 0.2) is 168 Å². The Morgan fingerprint density at radius 3 is 1.88 bits per heavy atom.